The van der Waals surface area contributed by atoms with E-state index in [1.165, 1.54) is 6.33 Å². The van der Waals surface area contributed by atoms with Gasteiger partial charge in [0.1, 0.15) is 6.33 Å². The van der Waals surface area contributed by atoms with Crippen molar-refractivity contribution in [2.24, 2.45) is 5.92 Å². The average Bonchev–Trinajstić information content (AvgIpc) is 3.36. The molecule has 0 unspecified atom stereocenters. The van der Waals surface area contributed by atoms with Gasteiger partial charge in [-0.05, 0) is 38.7 Å². The third-order valence-corrected chi connectivity index (χ3v) is 4.97. The first-order valence-corrected chi connectivity index (χ1v) is 9.36. The number of ether oxygens (including phenoxy) is 1. The topological polar surface area (TPSA) is 102 Å². The van der Waals surface area contributed by atoms with E-state index in [4.69, 9.17) is 4.74 Å². The number of aromatic amines is 1. The summed E-state index contributed by atoms with van der Waals surface area (Å²) in [4.78, 5) is 22.7. The molecule has 28 heavy (non-hydrogen) atoms. The number of nitrogens with one attached hydrogen (secondary N) is 1. The summed E-state index contributed by atoms with van der Waals surface area (Å²) in [5.41, 5.74) is 2.56. The van der Waals surface area contributed by atoms with Gasteiger partial charge < -0.3 is 9.64 Å². The summed E-state index contributed by atoms with van der Waals surface area (Å²) in [5, 5.41) is 11.0. The van der Waals surface area contributed by atoms with Gasteiger partial charge in [0.15, 0.2) is 5.82 Å². The molecule has 0 radical (unpaired) electrons. The quantitative estimate of drug-likeness (QED) is 0.725. The van der Waals surface area contributed by atoms with Crippen LogP contribution < -0.4 is 4.74 Å². The number of hydrogen-bond acceptors (Lipinski definition) is 6. The number of likely N-dealkylation sites (tertiary alicyclic amines) is 1. The van der Waals surface area contributed by atoms with E-state index in [0.717, 1.165) is 37.3 Å². The first-order valence-electron chi connectivity index (χ1n) is 9.36. The van der Waals surface area contributed by atoms with E-state index in [9.17, 15) is 4.79 Å². The highest BCUT2D eigenvalue weighted by molar-refractivity contribution is 5.93. The summed E-state index contributed by atoms with van der Waals surface area (Å²) >= 11 is 0. The van der Waals surface area contributed by atoms with Crippen molar-refractivity contribution in [1.29, 1.82) is 0 Å². The minimum atomic E-state index is 0.0263. The number of rotatable bonds is 5. The molecule has 3 aromatic heterocycles. The van der Waals surface area contributed by atoms with Gasteiger partial charge in [0, 0.05) is 31.0 Å². The van der Waals surface area contributed by atoms with Crippen molar-refractivity contribution in [3.05, 3.63) is 47.8 Å². The van der Waals surface area contributed by atoms with Crippen LogP contribution in [-0.2, 0) is 0 Å². The fourth-order valence-electron chi connectivity index (χ4n) is 3.44. The number of nitrogens with zero attached hydrogens (tertiary/aromatic N) is 6. The summed E-state index contributed by atoms with van der Waals surface area (Å²) in [7, 11) is 0. The van der Waals surface area contributed by atoms with Gasteiger partial charge in [-0.2, -0.15) is 10.2 Å². The minimum Gasteiger partial charge on any atom is -0.477 e. The molecule has 0 atom stereocenters. The average molecular weight is 381 g/mol. The van der Waals surface area contributed by atoms with E-state index in [0.29, 0.717) is 29.8 Å². The van der Waals surface area contributed by atoms with Crippen LogP contribution in [0.2, 0.25) is 0 Å². The predicted molar refractivity (Wildman–Crippen MR) is 101 cm³/mol. The highest BCUT2D eigenvalue weighted by Gasteiger charge is 2.24. The second kappa shape index (κ2) is 7.79. The van der Waals surface area contributed by atoms with Crippen LogP contribution in [0.3, 0.4) is 0 Å². The number of amides is 1. The van der Waals surface area contributed by atoms with Crippen LogP contribution in [0.25, 0.3) is 5.82 Å². The molecule has 9 heteroatoms. The molecule has 1 N–H and O–H groups in total. The van der Waals surface area contributed by atoms with Crippen LogP contribution in [-0.4, -0.2) is 60.4 Å². The Morgan fingerprint density at radius 1 is 1.25 bits per heavy atom. The SMILES string of the molecule is Cc1cc(C)n(-c2cc(OCC3CCN(C(=O)c4cn[nH]c4)CC3)ncn2)n1. The van der Waals surface area contributed by atoms with E-state index in [1.54, 1.807) is 23.1 Å². The van der Waals surface area contributed by atoms with Gasteiger partial charge >= 0.3 is 0 Å². The predicted octanol–water partition coefficient (Wildman–Crippen LogP) is 1.93. The lowest BCUT2D eigenvalue weighted by Gasteiger charge is -2.31. The maximum Gasteiger partial charge on any atom is 0.257 e. The molecule has 1 saturated heterocycles. The number of carbonyl (C=O) groups excluding carboxylic acids is 1. The summed E-state index contributed by atoms with van der Waals surface area (Å²) < 4.78 is 7.69. The molecular formula is C19H23N7O2. The molecule has 1 amide bonds. The highest BCUT2D eigenvalue weighted by atomic mass is 16.5. The molecule has 1 fully saturated rings. The Morgan fingerprint density at radius 3 is 2.75 bits per heavy atom. The summed E-state index contributed by atoms with van der Waals surface area (Å²) in [6.07, 6.45) is 6.49. The largest absolute Gasteiger partial charge is 0.477 e. The number of aromatic nitrogens is 6. The lowest BCUT2D eigenvalue weighted by atomic mass is 9.97. The van der Waals surface area contributed by atoms with E-state index in [2.05, 4.69) is 25.3 Å². The molecular weight excluding hydrogens is 358 g/mol. The van der Waals surface area contributed by atoms with Crippen LogP contribution in [0.4, 0.5) is 0 Å². The van der Waals surface area contributed by atoms with Gasteiger partial charge in [-0.1, -0.05) is 0 Å². The zero-order valence-electron chi connectivity index (χ0n) is 16.0. The third kappa shape index (κ3) is 3.88. The van der Waals surface area contributed by atoms with Crippen molar-refractivity contribution in [3.63, 3.8) is 0 Å². The van der Waals surface area contributed by atoms with Crippen molar-refractivity contribution >= 4 is 5.91 Å². The molecule has 0 aromatic carbocycles. The van der Waals surface area contributed by atoms with Crippen LogP contribution in [0, 0.1) is 19.8 Å². The lowest BCUT2D eigenvalue weighted by molar-refractivity contribution is 0.0659. The first kappa shape index (κ1) is 18.1. The molecule has 0 bridgehead atoms. The van der Waals surface area contributed by atoms with Gasteiger partial charge in [-0.15, -0.1) is 0 Å². The molecule has 9 nitrogen and oxygen atoms in total. The van der Waals surface area contributed by atoms with Crippen LogP contribution in [0.1, 0.15) is 34.6 Å². The molecule has 1 aliphatic rings. The maximum atomic E-state index is 12.4. The molecule has 0 aliphatic carbocycles. The molecule has 4 rings (SSSR count). The van der Waals surface area contributed by atoms with Crippen molar-refractivity contribution < 1.29 is 9.53 Å². The lowest BCUT2D eigenvalue weighted by Crippen LogP contribution is -2.39. The van der Waals surface area contributed by atoms with E-state index in [1.807, 2.05) is 24.8 Å². The second-order valence-corrected chi connectivity index (χ2v) is 7.09. The fraction of sp³-hybridized carbons (Fsp3) is 0.421. The normalized spacial score (nSPS) is 15.0. The Hall–Kier alpha value is -3.23. The van der Waals surface area contributed by atoms with Crippen LogP contribution in [0.5, 0.6) is 5.88 Å². The van der Waals surface area contributed by atoms with Crippen molar-refractivity contribution in [2.45, 2.75) is 26.7 Å². The molecule has 0 saturated carbocycles. The zero-order chi connectivity index (χ0) is 19.5. The van der Waals surface area contributed by atoms with Crippen LogP contribution in [0.15, 0.2) is 30.9 Å². The van der Waals surface area contributed by atoms with Gasteiger partial charge in [0.05, 0.1) is 24.1 Å². The number of carbonyl (C=O) groups is 1. The van der Waals surface area contributed by atoms with Gasteiger partial charge in [0.25, 0.3) is 5.91 Å². The molecule has 0 spiro atoms. The monoisotopic (exact) mass is 381 g/mol. The number of hydrogen-bond donors (Lipinski definition) is 1. The Bertz CT molecular complexity index is 943. The third-order valence-electron chi connectivity index (χ3n) is 4.97. The van der Waals surface area contributed by atoms with Crippen molar-refractivity contribution in [3.8, 4) is 11.7 Å². The standard InChI is InChI=1S/C19H23N7O2/c1-13-7-14(2)26(24-13)17-8-18(21-12-20-17)28-11-15-3-5-25(6-4-15)19(27)16-9-22-23-10-16/h7-10,12,15H,3-6,11H2,1-2H3,(H,22,23). The summed E-state index contributed by atoms with van der Waals surface area (Å²) in [6.45, 7) is 5.95. The molecule has 1 aliphatic heterocycles. The Labute approximate surface area is 162 Å². The smallest absolute Gasteiger partial charge is 0.257 e. The van der Waals surface area contributed by atoms with E-state index < -0.39 is 0 Å². The van der Waals surface area contributed by atoms with Crippen molar-refractivity contribution in [2.75, 3.05) is 19.7 Å². The van der Waals surface area contributed by atoms with E-state index >= 15 is 0 Å². The first-order chi connectivity index (χ1) is 13.6. The number of H-pyrrole nitrogens is 1. The maximum absolute atomic E-state index is 12.4. The minimum absolute atomic E-state index is 0.0263. The van der Waals surface area contributed by atoms with Gasteiger partial charge in [0.2, 0.25) is 5.88 Å². The Balaban J connectivity index is 1.32. The number of aryl methyl sites for hydroxylation is 2. The van der Waals surface area contributed by atoms with E-state index in [-0.39, 0.29) is 5.91 Å². The highest BCUT2D eigenvalue weighted by Crippen LogP contribution is 2.21. The number of piperidine rings is 1. The molecule has 4 heterocycles. The Kier molecular flexibility index (Phi) is 5.05. The molecule has 146 valence electrons. The van der Waals surface area contributed by atoms with Gasteiger partial charge in [-0.25, -0.2) is 14.6 Å². The van der Waals surface area contributed by atoms with Crippen molar-refractivity contribution in [1.82, 2.24) is 34.8 Å². The molecule has 3 aromatic rings. The second-order valence-electron chi connectivity index (χ2n) is 7.09. The fourth-order valence-corrected chi connectivity index (χ4v) is 3.44. The summed E-state index contributed by atoms with van der Waals surface area (Å²) in [5.74, 6) is 1.64. The van der Waals surface area contributed by atoms with Gasteiger partial charge in [-0.3, -0.25) is 9.89 Å². The van der Waals surface area contributed by atoms with Crippen LogP contribution >= 0.6 is 0 Å². The zero-order valence-corrected chi connectivity index (χ0v) is 16.0. The Morgan fingerprint density at radius 2 is 2.07 bits per heavy atom. The summed E-state index contributed by atoms with van der Waals surface area (Å²) in [6, 6.07) is 3.80.